The third-order valence-corrected chi connectivity index (χ3v) is 5.81. The highest BCUT2D eigenvalue weighted by molar-refractivity contribution is 5.92. The number of carbonyl (C=O) groups is 2. The number of anilines is 2. The fraction of sp³-hybridized carbons (Fsp3) is 0.192. The summed E-state index contributed by atoms with van der Waals surface area (Å²) in [6.07, 6.45) is 2.84. The molecule has 0 atom stereocenters. The SMILES string of the molecule is CCN1Cc2c(Oc3ccc(NC(=O)N(Cc4ccccc4)C4=COCO4)cc3F)ccnc2NC1=O. The number of amides is 4. The molecule has 0 unspecified atom stereocenters. The summed E-state index contributed by atoms with van der Waals surface area (Å²) >= 11 is 0. The van der Waals surface area contributed by atoms with Gasteiger partial charge >= 0.3 is 12.1 Å². The van der Waals surface area contributed by atoms with E-state index in [0.717, 1.165) is 5.56 Å². The number of halogens is 1. The molecule has 2 N–H and O–H groups in total. The van der Waals surface area contributed by atoms with Crippen LogP contribution in [0.2, 0.25) is 0 Å². The Labute approximate surface area is 212 Å². The summed E-state index contributed by atoms with van der Waals surface area (Å²) in [6.45, 7) is 2.88. The molecule has 0 saturated heterocycles. The fourth-order valence-corrected chi connectivity index (χ4v) is 3.89. The van der Waals surface area contributed by atoms with Gasteiger partial charge in [0.25, 0.3) is 0 Å². The van der Waals surface area contributed by atoms with Crippen LogP contribution in [-0.4, -0.2) is 40.2 Å². The van der Waals surface area contributed by atoms with E-state index in [0.29, 0.717) is 23.7 Å². The number of rotatable bonds is 7. The molecule has 10 nitrogen and oxygen atoms in total. The van der Waals surface area contributed by atoms with Crippen LogP contribution >= 0.6 is 0 Å². The van der Waals surface area contributed by atoms with Crippen LogP contribution in [0, 0.1) is 5.82 Å². The topological polar surface area (TPSA) is 105 Å². The third-order valence-electron chi connectivity index (χ3n) is 5.81. The van der Waals surface area contributed by atoms with Crippen LogP contribution in [-0.2, 0) is 22.6 Å². The molecule has 2 aliphatic rings. The maximum Gasteiger partial charge on any atom is 0.329 e. The van der Waals surface area contributed by atoms with Gasteiger partial charge in [-0.25, -0.2) is 19.0 Å². The molecule has 0 radical (unpaired) electrons. The molecule has 5 rings (SSSR count). The van der Waals surface area contributed by atoms with Crippen LogP contribution < -0.4 is 15.4 Å². The Morgan fingerprint density at radius 3 is 2.78 bits per heavy atom. The molecule has 2 aromatic carbocycles. The number of nitrogens with zero attached hydrogens (tertiary/aromatic N) is 3. The summed E-state index contributed by atoms with van der Waals surface area (Å²) in [5, 5.41) is 5.40. The van der Waals surface area contributed by atoms with Crippen molar-refractivity contribution in [2.45, 2.75) is 20.0 Å². The van der Waals surface area contributed by atoms with Gasteiger partial charge in [0, 0.05) is 24.5 Å². The first-order valence-electron chi connectivity index (χ1n) is 11.6. The second-order valence-corrected chi connectivity index (χ2v) is 8.21. The molecule has 4 amide bonds. The average molecular weight is 506 g/mol. The minimum Gasteiger partial charge on any atom is -0.459 e. The van der Waals surface area contributed by atoms with E-state index in [9.17, 15) is 9.59 Å². The zero-order valence-electron chi connectivity index (χ0n) is 19.9. The number of fused-ring (bicyclic) bond motifs is 1. The summed E-state index contributed by atoms with van der Waals surface area (Å²) < 4.78 is 31.4. The first-order valence-corrected chi connectivity index (χ1v) is 11.6. The van der Waals surface area contributed by atoms with Gasteiger partial charge < -0.3 is 24.4 Å². The molecule has 0 fully saturated rings. The Balaban J connectivity index is 1.32. The fourth-order valence-electron chi connectivity index (χ4n) is 3.89. The number of pyridine rings is 1. The predicted molar refractivity (Wildman–Crippen MR) is 132 cm³/mol. The van der Waals surface area contributed by atoms with Gasteiger partial charge in [-0.2, -0.15) is 0 Å². The van der Waals surface area contributed by atoms with Crippen molar-refractivity contribution in [1.82, 2.24) is 14.8 Å². The van der Waals surface area contributed by atoms with Crippen LogP contribution in [0.3, 0.4) is 0 Å². The molecule has 0 spiro atoms. The van der Waals surface area contributed by atoms with E-state index in [1.807, 2.05) is 37.3 Å². The van der Waals surface area contributed by atoms with Gasteiger partial charge in [0.2, 0.25) is 12.7 Å². The molecule has 0 bridgehead atoms. The van der Waals surface area contributed by atoms with E-state index < -0.39 is 11.8 Å². The lowest BCUT2D eigenvalue weighted by molar-refractivity contribution is 0.0554. The first kappa shape index (κ1) is 23.9. The lowest BCUT2D eigenvalue weighted by Gasteiger charge is -2.28. The molecular weight excluding hydrogens is 481 g/mol. The van der Waals surface area contributed by atoms with Crippen LogP contribution in [0.15, 0.2) is 72.9 Å². The Bertz CT molecular complexity index is 1350. The van der Waals surface area contributed by atoms with E-state index in [1.54, 1.807) is 11.0 Å². The van der Waals surface area contributed by atoms with Gasteiger partial charge in [-0.15, -0.1) is 0 Å². The second kappa shape index (κ2) is 10.4. The molecule has 11 heteroatoms. The average Bonchev–Trinajstić information content (AvgIpc) is 3.44. The van der Waals surface area contributed by atoms with E-state index in [4.69, 9.17) is 14.2 Å². The maximum absolute atomic E-state index is 15.0. The quantitative estimate of drug-likeness (QED) is 0.456. The summed E-state index contributed by atoms with van der Waals surface area (Å²) in [5.41, 5.74) is 1.75. The van der Waals surface area contributed by atoms with E-state index in [1.165, 1.54) is 35.6 Å². The number of aromatic nitrogens is 1. The molecule has 37 heavy (non-hydrogen) atoms. The molecule has 190 valence electrons. The van der Waals surface area contributed by atoms with Crippen LogP contribution in [0.5, 0.6) is 11.5 Å². The lowest BCUT2D eigenvalue weighted by Crippen LogP contribution is -2.38. The third kappa shape index (κ3) is 5.25. The molecule has 2 aliphatic heterocycles. The standard InChI is InChI=1S/C26H24FN5O5/c1-2-31-14-19-21(10-11-28-24(19)30-25(31)33)37-22-9-8-18(12-20(22)27)29-26(34)32(23-15-35-16-36-23)13-17-6-4-3-5-7-17/h3-12,15H,2,13-14,16H2,1H3,(H,29,34)(H,28,30,33). The zero-order chi connectivity index (χ0) is 25.8. The largest absolute Gasteiger partial charge is 0.459 e. The van der Waals surface area contributed by atoms with E-state index in [-0.39, 0.29) is 43.2 Å². The molecule has 1 aromatic heterocycles. The van der Waals surface area contributed by atoms with Crippen molar-refractivity contribution in [1.29, 1.82) is 0 Å². The smallest absolute Gasteiger partial charge is 0.329 e. The second-order valence-electron chi connectivity index (χ2n) is 8.21. The summed E-state index contributed by atoms with van der Waals surface area (Å²) in [6, 6.07) is 14.3. The van der Waals surface area contributed by atoms with Gasteiger partial charge in [0.15, 0.2) is 11.6 Å². The van der Waals surface area contributed by atoms with E-state index >= 15 is 4.39 Å². The zero-order valence-corrected chi connectivity index (χ0v) is 19.9. The minimum absolute atomic E-state index is 0.00692. The van der Waals surface area contributed by atoms with Crippen molar-refractivity contribution < 1.29 is 28.2 Å². The number of hydrogen-bond donors (Lipinski definition) is 2. The first-order chi connectivity index (χ1) is 18.0. The molecule has 3 aromatic rings. The van der Waals surface area contributed by atoms with Crippen molar-refractivity contribution in [3.63, 3.8) is 0 Å². The molecular formula is C26H24FN5O5. The summed E-state index contributed by atoms with van der Waals surface area (Å²) in [7, 11) is 0. The Morgan fingerprint density at radius 2 is 2.05 bits per heavy atom. The number of nitrogens with one attached hydrogen (secondary N) is 2. The normalized spacial score (nSPS) is 14.1. The van der Waals surface area contributed by atoms with Crippen LogP contribution in [0.1, 0.15) is 18.1 Å². The van der Waals surface area contributed by atoms with Gasteiger partial charge in [0.1, 0.15) is 17.8 Å². The summed E-state index contributed by atoms with van der Waals surface area (Å²) in [5.74, 6) is 0.283. The van der Waals surface area contributed by atoms with Gasteiger partial charge in [0.05, 0.1) is 18.7 Å². The van der Waals surface area contributed by atoms with Gasteiger partial charge in [-0.3, -0.25) is 10.2 Å². The number of benzene rings is 2. The Morgan fingerprint density at radius 1 is 1.22 bits per heavy atom. The number of carbonyl (C=O) groups excluding carboxylic acids is 2. The lowest BCUT2D eigenvalue weighted by atomic mass is 10.2. The molecule has 0 aliphatic carbocycles. The number of hydrogen-bond acceptors (Lipinski definition) is 6. The van der Waals surface area contributed by atoms with Gasteiger partial charge in [-0.1, -0.05) is 30.3 Å². The predicted octanol–water partition coefficient (Wildman–Crippen LogP) is 5.22. The Kier molecular flexibility index (Phi) is 6.75. The monoisotopic (exact) mass is 505 g/mol. The molecule has 0 saturated carbocycles. The van der Waals surface area contributed by atoms with Gasteiger partial charge in [-0.05, 0) is 30.7 Å². The number of urea groups is 2. The number of ether oxygens (including phenoxy) is 3. The highest BCUT2D eigenvalue weighted by Crippen LogP contribution is 2.34. The highest BCUT2D eigenvalue weighted by atomic mass is 19.1. The van der Waals surface area contributed by atoms with Crippen LogP contribution in [0.25, 0.3) is 0 Å². The van der Waals surface area contributed by atoms with Crippen molar-refractivity contribution in [3.8, 4) is 11.5 Å². The minimum atomic E-state index is -0.676. The van der Waals surface area contributed by atoms with Crippen LogP contribution in [0.4, 0.5) is 25.5 Å². The van der Waals surface area contributed by atoms with E-state index in [2.05, 4.69) is 15.6 Å². The summed E-state index contributed by atoms with van der Waals surface area (Å²) in [4.78, 5) is 32.3. The van der Waals surface area contributed by atoms with Crippen molar-refractivity contribution in [2.75, 3.05) is 24.0 Å². The highest BCUT2D eigenvalue weighted by Gasteiger charge is 2.26. The Hall–Kier alpha value is -4.80. The molecule has 3 heterocycles. The maximum atomic E-state index is 15.0. The van der Waals surface area contributed by atoms with Crippen molar-refractivity contribution in [3.05, 3.63) is 89.9 Å². The van der Waals surface area contributed by atoms with Crippen molar-refractivity contribution >= 4 is 23.6 Å². The van der Waals surface area contributed by atoms with Crippen molar-refractivity contribution in [2.24, 2.45) is 0 Å².